The lowest BCUT2D eigenvalue weighted by atomic mass is 10.1. The van der Waals surface area contributed by atoms with E-state index in [-0.39, 0.29) is 11.9 Å². The number of piperazine rings is 1. The lowest BCUT2D eigenvalue weighted by Crippen LogP contribution is -2.53. The van der Waals surface area contributed by atoms with E-state index >= 15 is 0 Å². The molecule has 0 radical (unpaired) electrons. The monoisotopic (exact) mass is 514 g/mol. The molecule has 11 heteroatoms. The quantitative estimate of drug-likeness (QED) is 0.504. The molecule has 2 saturated heterocycles. The van der Waals surface area contributed by atoms with Crippen molar-refractivity contribution < 1.29 is 22.6 Å². The van der Waals surface area contributed by atoms with Crippen LogP contribution in [0.2, 0.25) is 0 Å². The van der Waals surface area contributed by atoms with Gasteiger partial charge in [-0.1, -0.05) is 12.1 Å². The number of anilines is 3. The first-order valence-corrected chi connectivity index (χ1v) is 12.2. The van der Waals surface area contributed by atoms with Gasteiger partial charge in [0.05, 0.1) is 31.6 Å². The number of halogens is 3. The molecule has 4 heterocycles. The summed E-state index contributed by atoms with van der Waals surface area (Å²) in [4.78, 5) is 19.8. The highest BCUT2D eigenvalue weighted by atomic mass is 19.4. The van der Waals surface area contributed by atoms with Crippen molar-refractivity contribution in [2.75, 3.05) is 67.7 Å². The molecule has 2 aliphatic heterocycles. The van der Waals surface area contributed by atoms with Gasteiger partial charge in [0.1, 0.15) is 17.4 Å². The van der Waals surface area contributed by atoms with Crippen molar-refractivity contribution in [2.45, 2.75) is 19.1 Å². The number of hydrogen-bond donors (Lipinski definition) is 0. The SMILES string of the molecule is COc1cccc(-c2cc(N3CCN(c4ncccc4C(F)(F)F)C[C@H]3C)nc(N3CCOCC3)n2)c1. The van der Waals surface area contributed by atoms with Crippen molar-refractivity contribution in [3.63, 3.8) is 0 Å². The minimum atomic E-state index is -4.46. The lowest BCUT2D eigenvalue weighted by Gasteiger charge is -2.42. The van der Waals surface area contributed by atoms with E-state index in [0.717, 1.165) is 28.9 Å². The molecule has 0 aliphatic carbocycles. The van der Waals surface area contributed by atoms with Crippen LogP contribution in [0.4, 0.5) is 30.8 Å². The van der Waals surface area contributed by atoms with E-state index in [4.69, 9.17) is 19.4 Å². The van der Waals surface area contributed by atoms with E-state index in [2.05, 4.69) is 14.8 Å². The molecule has 2 aliphatic rings. The molecule has 0 N–H and O–H groups in total. The predicted octanol–water partition coefficient (Wildman–Crippen LogP) is 4.12. The Morgan fingerprint density at radius 2 is 1.78 bits per heavy atom. The molecule has 0 amide bonds. The summed E-state index contributed by atoms with van der Waals surface area (Å²) in [5.74, 6) is 2.04. The lowest BCUT2D eigenvalue weighted by molar-refractivity contribution is -0.137. The van der Waals surface area contributed by atoms with E-state index in [9.17, 15) is 13.2 Å². The summed E-state index contributed by atoms with van der Waals surface area (Å²) in [5.41, 5.74) is 0.934. The second-order valence-corrected chi connectivity index (χ2v) is 9.10. The van der Waals surface area contributed by atoms with Crippen molar-refractivity contribution in [3.05, 3.63) is 54.2 Å². The number of ether oxygens (including phenoxy) is 2. The summed E-state index contributed by atoms with van der Waals surface area (Å²) < 4.78 is 51.7. The van der Waals surface area contributed by atoms with Crippen LogP contribution in [-0.2, 0) is 10.9 Å². The van der Waals surface area contributed by atoms with Crippen molar-refractivity contribution in [1.82, 2.24) is 15.0 Å². The normalized spacial score (nSPS) is 18.7. The van der Waals surface area contributed by atoms with Crippen LogP contribution in [0.15, 0.2) is 48.7 Å². The number of morpholine rings is 1. The second-order valence-electron chi connectivity index (χ2n) is 9.10. The Kier molecular flexibility index (Phi) is 7.05. The molecule has 0 saturated carbocycles. The van der Waals surface area contributed by atoms with Gasteiger partial charge in [0, 0.05) is 56.6 Å². The number of aromatic nitrogens is 3. The number of hydrogen-bond acceptors (Lipinski definition) is 8. The first kappa shape index (κ1) is 25.1. The molecule has 37 heavy (non-hydrogen) atoms. The van der Waals surface area contributed by atoms with Crippen LogP contribution in [0, 0.1) is 0 Å². The van der Waals surface area contributed by atoms with Crippen LogP contribution in [0.25, 0.3) is 11.3 Å². The largest absolute Gasteiger partial charge is 0.497 e. The minimum absolute atomic E-state index is 0.0322. The molecule has 3 aromatic rings. The van der Waals surface area contributed by atoms with Crippen LogP contribution in [0.3, 0.4) is 0 Å². The van der Waals surface area contributed by atoms with Gasteiger partial charge in [-0.3, -0.25) is 0 Å². The summed E-state index contributed by atoms with van der Waals surface area (Å²) in [6, 6.07) is 11.9. The summed E-state index contributed by atoms with van der Waals surface area (Å²) >= 11 is 0. The van der Waals surface area contributed by atoms with Crippen molar-refractivity contribution in [2.24, 2.45) is 0 Å². The minimum Gasteiger partial charge on any atom is -0.497 e. The highest BCUT2D eigenvalue weighted by Crippen LogP contribution is 2.36. The van der Waals surface area contributed by atoms with E-state index in [0.29, 0.717) is 51.9 Å². The Bertz CT molecular complexity index is 1230. The Morgan fingerprint density at radius 1 is 0.973 bits per heavy atom. The van der Waals surface area contributed by atoms with Gasteiger partial charge in [-0.05, 0) is 31.2 Å². The number of nitrogens with zero attached hydrogens (tertiary/aromatic N) is 6. The molecule has 0 bridgehead atoms. The van der Waals surface area contributed by atoms with Crippen LogP contribution in [-0.4, -0.2) is 74.0 Å². The van der Waals surface area contributed by atoms with E-state index in [1.165, 1.54) is 12.3 Å². The molecule has 8 nitrogen and oxygen atoms in total. The molecule has 1 aromatic carbocycles. The number of rotatable bonds is 5. The zero-order valence-corrected chi connectivity index (χ0v) is 20.8. The van der Waals surface area contributed by atoms with Crippen molar-refractivity contribution in [1.29, 1.82) is 0 Å². The Labute approximate surface area is 213 Å². The first-order valence-electron chi connectivity index (χ1n) is 12.2. The maximum atomic E-state index is 13.6. The molecule has 2 fully saturated rings. The maximum absolute atomic E-state index is 13.6. The third-order valence-corrected chi connectivity index (χ3v) is 6.67. The molecule has 0 unspecified atom stereocenters. The number of alkyl halides is 3. The molecule has 1 atom stereocenters. The van der Waals surface area contributed by atoms with E-state index < -0.39 is 11.7 Å². The average Bonchev–Trinajstić information content (AvgIpc) is 2.93. The predicted molar refractivity (Wildman–Crippen MR) is 135 cm³/mol. The van der Waals surface area contributed by atoms with Crippen molar-refractivity contribution in [3.8, 4) is 17.0 Å². The Balaban J connectivity index is 1.46. The molecular weight excluding hydrogens is 485 g/mol. The number of benzene rings is 1. The maximum Gasteiger partial charge on any atom is 0.419 e. The smallest absolute Gasteiger partial charge is 0.419 e. The fraction of sp³-hybridized carbons (Fsp3) is 0.423. The van der Waals surface area contributed by atoms with Gasteiger partial charge >= 0.3 is 6.18 Å². The second kappa shape index (κ2) is 10.4. The van der Waals surface area contributed by atoms with Gasteiger partial charge in [-0.25, -0.2) is 9.97 Å². The van der Waals surface area contributed by atoms with E-state index in [1.807, 2.05) is 37.3 Å². The molecule has 2 aromatic heterocycles. The third kappa shape index (κ3) is 5.41. The van der Waals surface area contributed by atoms with Crippen LogP contribution in [0.5, 0.6) is 5.75 Å². The zero-order chi connectivity index (χ0) is 26.0. The van der Waals surface area contributed by atoms with Gasteiger partial charge in [-0.2, -0.15) is 18.2 Å². The Hall–Kier alpha value is -3.60. The number of methoxy groups -OCH3 is 1. The molecular formula is C26H29F3N6O2. The highest BCUT2D eigenvalue weighted by molar-refractivity contribution is 5.67. The fourth-order valence-electron chi connectivity index (χ4n) is 4.76. The summed E-state index contributed by atoms with van der Waals surface area (Å²) in [5, 5.41) is 0. The van der Waals surface area contributed by atoms with Gasteiger partial charge in [-0.15, -0.1) is 0 Å². The molecule has 5 rings (SSSR count). The highest BCUT2D eigenvalue weighted by Gasteiger charge is 2.37. The third-order valence-electron chi connectivity index (χ3n) is 6.67. The zero-order valence-electron chi connectivity index (χ0n) is 20.8. The van der Waals surface area contributed by atoms with Crippen LogP contribution >= 0.6 is 0 Å². The van der Waals surface area contributed by atoms with Gasteiger partial charge in [0.25, 0.3) is 0 Å². The van der Waals surface area contributed by atoms with Crippen LogP contribution < -0.4 is 19.4 Å². The topological polar surface area (TPSA) is 66.9 Å². The van der Waals surface area contributed by atoms with Crippen LogP contribution in [0.1, 0.15) is 12.5 Å². The average molecular weight is 515 g/mol. The van der Waals surface area contributed by atoms with Gasteiger partial charge < -0.3 is 24.2 Å². The summed E-state index contributed by atoms with van der Waals surface area (Å²) in [6.45, 7) is 5.82. The van der Waals surface area contributed by atoms with Crippen molar-refractivity contribution >= 4 is 17.6 Å². The Morgan fingerprint density at radius 3 is 2.51 bits per heavy atom. The first-order chi connectivity index (χ1) is 17.8. The summed E-state index contributed by atoms with van der Waals surface area (Å²) in [7, 11) is 1.62. The van der Waals surface area contributed by atoms with Gasteiger partial charge in [0.15, 0.2) is 0 Å². The number of pyridine rings is 1. The summed E-state index contributed by atoms with van der Waals surface area (Å²) in [6.07, 6.45) is -3.06. The van der Waals surface area contributed by atoms with Gasteiger partial charge in [0.2, 0.25) is 5.95 Å². The molecule has 196 valence electrons. The molecule has 0 spiro atoms. The van der Waals surface area contributed by atoms with E-state index in [1.54, 1.807) is 12.0 Å². The standard InChI is InChI=1S/C26H29F3N6O2/c1-18-17-34(24-21(26(27,28)29)7-4-8-30-24)9-10-35(18)23-16-22(19-5-3-6-20(15-19)36-2)31-25(32-23)33-11-13-37-14-12-33/h3-8,15-16,18H,9-14,17H2,1-2H3/t18-/m1/s1. The fourth-order valence-corrected chi connectivity index (χ4v) is 4.76.